The zero-order valence-electron chi connectivity index (χ0n) is 14.4. The van der Waals surface area contributed by atoms with Crippen LogP contribution in [0.2, 0.25) is 0 Å². The van der Waals surface area contributed by atoms with Crippen molar-refractivity contribution < 1.29 is 22.8 Å². The molecule has 3 rings (SSSR count). The van der Waals surface area contributed by atoms with Gasteiger partial charge in [-0.2, -0.15) is 13.2 Å². The van der Waals surface area contributed by atoms with Gasteiger partial charge in [0.1, 0.15) is 0 Å². The largest absolute Gasteiger partial charge is 0.412 e. The normalized spacial score (nSPS) is 13.8. The predicted octanol–water partition coefficient (Wildman–Crippen LogP) is 3.99. The molecule has 138 valence electrons. The molecule has 2 N–H and O–H groups in total. The average molecular weight is 364 g/mol. The Bertz CT molecular complexity index is 789. The number of carbonyl (C=O) groups is 2. The molecule has 2 aromatic carbocycles. The molecule has 0 unspecified atom stereocenters. The fourth-order valence-corrected chi connectivity index (χ4v) is 2.59. The lowest BCUT2D eigenvalue weighted by Gasteiger charge is -2.22. The highest BCUT2D eigenvalue weighted by molar-refractivity contribution is 6.01. The highest BCUT2D eigenvalue weighted by Gasteiger charge is 2.42. The molecule has 0 saturated heterocycles. The van der Waals surface area contributed by atoms with Crippen molar-refractivity contribution in [3.8, 4) is 0 Å². The number of amides is 2. The fourth-order valence-electron chi connectivity index (χ4n) is 2.59. The van der Waals surface area contributed by atoms with Crippen LogP contribution in [-0.4, -0.2) is 18.0 Å². The summed E-state index contributed by atoms with van der Waals surface area (Å²) >= 11 is 0. The molecule has 0 aromatic heterocycles. The third-order valence-corrected chi connectivity index (χ3v) is 3.79. The number of hydrogen-bond donors (Lipinski definition) is 2. The Morgan fingerprint density at radius 3 is 2.38 bits per heavy atom. The maximum atomic E-state index is 13.3. The number of hydrogen-bond acceptors (Lipinski definition) is 2. The molecule has 1 aliphatic heterocycles. The Labute approximate surface area is 149 Å². The van der Waals surface area contributed by atoms with Crippen LogP contribution in [0.5, 0.6) is 0 Å². The fraction of sp³-hybridized carbons (Fsp3) is 0.263. The van der Waals surface area contributed by atoms with Crippen molar-refractivity contribution in [3.05, 3.63) is 70.8 Å². The SMILES string of the molecule is CC.O=C(N[C@H](c1ccccc1)C(F)(F)F)c1ccc2c(c1)CNC2=O. The molecule has 0 radical (unpaired) electrons. The first-order valence-corrected chi connectivity index (χ1v) is 8.20. The summed E-state index contributed by atoms with van der Waals surface area (Å²) in [7, 11) is 0. The van der Waals surface area contributed by atoms with Gasteiger partial charge in [0.2, 0.25) is 0 Å². The zero-order chi connectivity index (χ0) is 19.3. The van der Waals surface area contributed by atoms with E-state index in [2.05, 4.69) is 5.32 Å². The molecule has 2 amide bonds. The van der Waals surface area contributed by atoms with Crippen LogP contribution in [0.25, 0.3) is 0 Å². The van der Waals surface area contributed by atoms with E-state index in [1.165, 1.54) is 42.5 Å². The number of alkyl halides is 3. The lowest BCUT2D eigenvalue weighted by Crippen LogP contribution is -2.38. The first-order chi connectivity index (χ1) is 12.4. The van der Waals surface area contributed by atoms with E-state index >= 15 is 0 Å². The van der Waals surface area contributed by atoms with E-state index in [1.54, 1.807) is 6.07 Å². The van der Waals surface area contributed by atoms with Gasteiger partial charge in [0.15, 0.2) is 6.04 Å². The minimum absolute atomic E-state index is 0.0450. The van der Waals surface area contributed by atoms with Crippen LogP contribution in [-0.2, 0) is 6.54 Å². The lowest BCUT2D eigenvalue weighted by atomic mass is 10.0. The highest BCUT2D eigenvalue weighted by atomic mass is 19.4. The van der Waals surface area contributed by atoms with Crippen molar-refractivity contribution in [1.29, 1.82) is 0 Å². The number of benzene rings is 2. The van der Waals surface area contributed by atoms with Gasteiger partial charge in [-0.05, 0) is 29.3 Å². The summed E-state index contributed by atoms with van der Waals surface area (Å²) < 4.78 is 39.8. The summed E-state index contributed by atoms with van der Waals surface area (Å²) in [5, 5.41) is 4.61. The van der Waals surface area contributed by atoms with Gasteiger partial charge in [0.25, 0.3) is 11.8 Å². The van der Waals surface area contributed by atoms with Gasteiger partial charge >= 0.3 is 6.18 Å². The molecule has 0 fully saturated rings. The van der Waals surface area contributed by atoms with Gasteiger partial charge in [0.05, 0.1) is 0 Å². The van der Waals surface area contributed by atoms with Crippen molar-refractivity contribution in [2.45, 2.75) is 32.6 Å². The first kappa shape index (κ1) is 19.5. The Morgan fingerprint density at radius 2 is 1.77 bits per heavy atom. The van der Waals surface area contributed by atoms with Gasteiger partial charge in [-0.25, -0.2) is 0 Å². The van der Waals surface area contributed by atoms with Gasteiger partial charge < -0.3 is 10.6 Å². The lowest BCUT2D eigenvalue weighted by molar-refractivity contribution is -0.155. The second kappa shape index (κ2) is 8.03. The maximum Gasteiger partial charge on any atom is 0.412 e. The molecule has 2 aromatic rings. The number of nitrogens with one attached hydrogen (secondary N) is 2. The Morgan fingerprint density at radius 1 is 1.12 bits per heavy atom. The number of halogens is 3. The third kappa shape index (κ3) is 4.22. The van der Waals surface area contributed by atoms with Gasteiger partial charge in [0, 0.05) is 17.7 Å². The molecule has 1 atom stereocenters. The van der Waals surface area contributed by atoms with E-state index in [-0.39, 0.29) is 23.6 Å². The van der Waals surface area contributed by atoms with Crippen molar-refractivity contribution in [1.82, 2.24) is 10.6 Å². The average Bonchev–Trinajstić information content (AvgIpc) is 3.01. The highest BCUT2D eigenvalue weighted by Crippen LogP contribution is 2.33. The molecular formula is C19H19F3N2O2. The van der Waals surface area contributed by atoms with E-state index in [4.69, 9.17) is 0 Å². The van der Waals surface area contributed by atoms with Crippen LogP contribution in [0.1, 0.15) is 51.7 Å². The summed E-state index contributed by atoms with van der Waals surface area (Å²) in [6, 6.07) is 9.30. The van der Waals surface area contributed by atoms with Crippen LogP contribution in [0, 0.1) is 0 Å². The van der Waals surface area contributed by atoms with E-state index < -0.39 is 18.1 Å². The molecule has 26 heavy (non-hydrogen) atoms. The minimum atomic E-state index is -4.62. The predicted molar refractivity (Wildman–Crippen MR) is 91.7 cm³/mol. The quantitative estimate of drug-likeness (QED) is 0.865. The van der Waals surface area contributed by atoms with Crippen molar-refractivity contribution in [3.63, 3.8) is 0 Å². The van der Waals surface area contributed by atoms with E-state index in [0.29, 0.717) is 11.1 Å². The van der Waals surface area contributed by atoms with Crippen molar-refractivity contribution in [2.75, 3.05) is 0 Å². The monoisotopic (exact) mass is 364 g/mol. The first-order valence-electron chi connectivity index (χ1n) is 8.20. The molecule has 1 aliphatic rings. The second-order valence-corrected chi connectivity index (χ2v) is 5.41. The van der Waals surface area contributed by atoms with Crippen molar-refractivity contribution in [2.24, 2.45) is 0 Å². The molecule has 7 heteroatoms. The van der Waals surface area contributed by atoms with E-state index in [0.717, 1.165) is 0 Å². The summed E-state index contributed by atoms with van der Waals surface area (Å²) in [6.45, 7) is 4.26. The molecule has 0 aliphatic carbocycles. The molecule has 4 nitrogen and oxygen atoms in total. The van der Waals surface area contributed by atoms with E-state index in [9.17, 15) is 22.8 Å². The summed E-state index contributed by atoms with van der Waals surface area (Å²) in [5.74, 6) is -1.10. The Hall–Kier alpha value is -2.83. The molecular weight excluding hydrogens is 345 g/mol. The third-order valence-electron chi connectivity index (χ3n) is 3.79. The Kier molecular flexibility index (Phi) is 6.02. The van der Waals surface area contributed by atoms with Crippen LogP contribution in [0.4, 0.5) is 13.2 Å². The summed E-state index contributed by atoms with van der Waals surface area (Å²) in [5.41, 5.74) is 1.06. The standard InChI is InChI=1S/C17H13F3N2O2.C2H6/c18-17(19,20)14(10-4-2-1-3-5-10)22-15(23)11-6-7-13-12(8-11)9-21-16(13)24;1-2/h1-8,14H,9H2,(H,21,24)(H,22,23);1-2H3/t14-;/m1./s1. The summed E-state index contributed by atoms with van der Waals surface area (Å²) in [4.78, 5) is 23.7. The number of carbonyl (C=O) groups excluding carboxylic acids is 2. The second-order valence-electron chi connectivity index (χ2n) is 5.41. The Balaban J connectivity index is 0.00000117. The molecule has 0 spiro atoms. The van der Waals surface area contributed by atoms with Crippen LogP contribution >= 0.6 is 0 Å². The maximum absolute atomic E-state index is 13.3. The van der Waals surface area contributed by atoms with E-state index in [1.807, 2.05) is 19.2 Å². The van der Waals surface area contributed by atoms with Gasteiger partial charge in [-0.3, -0.25) is 9.59 Å². The van der Waals surface area contributed by atoms with Gasteiger partial charge in [-0.1, -0.05) is 44.2 Å². The topological polar surface area (TPSA) is 58.2 Å². The smallest absolute Gasteiger partial charge is 0.348 e. The van der Waals surface area contributed by atoms with Crippen LogP contribution in [0.15, 0.2) is 48.5 Å². The minimum Gasteiger partial charge on any atom is -0.348 e. The van der Waals surface area contributed by atoms with Crippen LogP contribution < -0.4 is 10.6 Å². The van der Waals surface area contributed by atoms with Gasteiger partial charge in [-0.15, -0.1) is 0 Å². The zero-order valence-corrected chi connectivity index (χ0v) is 14.4. The number of rotatable bonds is 3. The van der Waals surface area contributed by atoms with Crippen molar-refractivity contribution >= 4 is 11.8 Å². The molecule has 0 bridgehead atoms. The molecule has 1 heterocycles. The van der Waals surface area contributed by atoms with Crippen LogP contribution in [0.3, 0.4) is 0 Å². The summed E-state index contributed by atoms with van der Waals surface area (Å²) in [6.07, 6.45) is -4.62. The number of fused-ring (bicyclic) bond motifs is 1. The molecule has 0 saturated carbocycles.